The zero-order chi connectivity index (χ0) is 22.5. The first-order valence-electron chi connectivity index (χ1n) is 10.1. The minimum Gasteiger partial charge on any atom is -0.326 e. The normalized spacial score (nSPS) is 10.6. The third kappa shape index (κ3) is 5.44. The van der Waals surface area contributed by atoms with E-state index in [1.165, 1.54) is 11.3 Å². The molecule has 162 valence electrons. The van der Waals surface area contributed by atoms with Gasteiger partial charge in [0.25, 0.3) is 0 Å². The molecule has 0 unspecified atom stereocenters. The minimum absolute atomic E-state index is 0.0931. The Morgan fingerprint density at radius 2 is 1.84 bits per heavy atom. The Labute approximate surface area is 190 Å². The molecule has 32 heavy (non-hydrogen) atoms. The molecule has 2 N–H and O–H groups in total. The van der Waals surface area contributed by atoms with Crippen molar-refractivity contribution in [2.45, 2.75) is 20.3 Å². The van der Waals surface area contributed by atoms with E-state index in [4.69, 9.17) is 0 Å². The number of thiazole rings is 1. The van der Waals surface area contributed by atoms with E-state index in [1.54, 1.807) is 6.20 Å². The summed E-state index contributed by atoms with van der Waals surface area (Å²) in [4.78, 5) is 32.8. The Morgan fingerprint density at radius 3 is 2.62 bits per heavy atom. The van der Waals surface area contributed by atoms with Gasteiger partial charge in [-0.3, -0.25) is 10.1 Å². The largest absolute Gasteiger partial charge is 0.326 e. The highest BCUT2D eigenvalue weighted by Gasteiger charge is 2.13. The standard InChI is InChI=1S/C23H23N7OS/c1-15-8-7-11-18(12-15)30(3)22-26-16(2)25-21(28-22)29-23-24-14-19(32-23)13-20(31)27-17-9-5-4-6-10-17/h4-12,14H,13H2,1-3H3,(H,27,31)(H,24,25,26,28,29). The van der Waals surface area contributed by atoms with Crippen LogP contribution in [0.25, 0.3) is 0 Å². The molecule has 4 aromatic rings. The van der Waals surface area contributed by atoms with E-state index in [0.29, 0.717) is 22.9 Å². The third-order valence-corrected chi connectivity index (χ3v) is 5.50. The molecule has 2 aromatic carbocycles. The highest BCUT2D eigenvalue weighted by Crippen LogP contribution is 2.25. The molecule has 2 heterocycles. The average molecular weight is 446 g/mol. The fourth-order valence-electron chi connectivity index (χ4n) is 3.05. The van der Waals surface area contributed by atoms with Crippen molar-refractivity contribution in [1.29, 1.82) is 0 Å². The van der Waals surface area contributed by atoms with Gasteiger partial charge >= 0.3 is 0 Å². The lowest BCUT2D eigenvalue weighted by Crippen LogP contribution is -2.15. The summed E-state index contributed by atoms with van der Waals surface area (Å²) in [5.74, 6) is 1.44. The number of benzene rings is 2. The molecular formula is C23H23N7OS. The lowest BCUT2D eigenvalue weighted by atomic mass is 10.2. The quantitative estimate of drug-likeness (QED) is 0.428. The summed E-state index contributed by atoms with van der Waals surface area (Å²) < 4.78 is 0. The number of anilines is 5. The van der Waals surface area contributed by atoms with Crippen LogP contribution in [0.15, 0.2) is 60.8 Å². The van der Waals surface area contributed by atoms with Crippen LogP contribution in [-0.4, -0.2) is 32.9 Å². The molecule has 2 aromatic heterocycles. The van der Waals surface area contributed by atoms with Crippen LogP contribution < -0.4 is 15.5 Å². The van der Waals surface area contributed by atoms with Gasteiger partial charge < -0.3 is 10.2 Å². The Balaban J connectivity index is 1.44. The molecule has 0 saturated heterocycles. The second-order valence-electron chi connectivity index (χ2n) is 7.25. The number of carbonyl (C=O) groups excluding carboxylic acids is 1. The third-order valence-electron chi connectivity index (χ3n) is 4.59. The van der Waals surface area contributed by atoms with E-state index in [9.17, 15) is 4.79 Å². The van der Waals surface area contributed by atoms with Gasteiger partial charge in [-0.2, -0.15) is 15.0 Å². The van der Waals surface area contributed by atoms with Crippen LogP contribution in [-0.2, 0) is 11.2 Å². The number of hydrogen-bond acceptors (Lipinski definition) is 8. The number of nitrogens with zero attached hydrogens (tertiary/aromatic N) is 5. The van der Waals surface area contributed by atoms with Crippen molar-refractivity contribution in [3.63, 3.8) is 0 Å². The Hall–Kier alpha value is -3.85. The highest BCUT2D eigenvalue weighted by atomic mass is 32.1. The number of rotatable bonds is 7. The van der Waals surface area contributed by atoms with Gasteiger partial charge in [-0.05, 0) is 43.7 Å². The van der Waals surface area contributed by atoms with Crippen LogP contribution in [0.4, 0.5) is 28.4 Å². The van der Waals surface area contributed by atoms with Crippen molar-refractivity contribution in [2.24, 2.45) is 0 Å². The van der Waals surface area contributed by atoms with E-state index in [1.807, 2.05) is 74.3 Å². The summed E-state index contributed by atoms with van der Waals surface area (Å²) in [6.45, 7) is 3.87. The molecule has 1 amide bonds. The molecule has 0 saturated carbocycles. The molecule has 0 bridgehead atoms. The van der Waals surface area contributed by atoms with Crippen LogP contribution in [0.3, 0.4) is 0 Å². The number of para-hydroxylation sites is 1. The van der Waals surface area contributed by atoms with Crippen molar-refractivity contribution < 1.29 is 4.79 Å². The van der Waals surface area contributed by atoms with Crippen LogP contribution in [0.1, 0.15) is 16.3 Å². The number of hydrogen-bond donors (Lipinski definition) is 2. The Bertz CT molecular complexity index is 1230. The maximum Gasteiger partial charge on any atom is 0.234 e. The molecule has 4 rings (SSSR count). The lowest BCUT2D eigenvalue weighted by Gasteiger charge is -2.18. The molecule has 0 aliphatic heterocycles. The number of nitrogens with one attached hydrogen (secondary N) is 2. The molecule has 0 aliphatic carbocycles. The second-order valence-corrected chi connectivity index (χ2v) is 8.37. The summed E-state index contributed by atoms with van der Waals surface area (Å²) in [6, 6.07) is 17.5. The summed E-state index contributed by atoms with van der Waals surface area (Å²) in [7, 11) is 1.92. The molecule has 8 nitrogen and oxygen atoms in total. The highest BCUT2D eigenvalue weighted by molar-refractivity contribution is 7.15. The van der Waals surface area contributed by atoms with E-state index >= 15 is 0 Å². The predicted molar refractivity (Wildman–Crippen MR) is 128 cm³/mol. The fourth-order valence-corrected chi connectivity index (χ4v) is 3.86. The van der Waals surface area contributed by atoms with Gasteiger partial charge in [-0.1, -0.05) is 30.3 Å². The van der Waals surface area contributed by atoms with Gasteiger partial charge in [0.05, 0.1) is 6.42 Å². The lowest BCUT2D eigenvalue weighted by molar-refractivity contribution is -0.115. The van der Waals surface area contributed by atoms with Gasteiger partial charge in [0.15, 0.2) is 5.13 Å². The zero-order valence-corrected chi connectivity index (χ0v) is 18.8. The van der Waals surface area contributed by atoms with Crippen molar-refractivity contribution in [2.75, 3.05) is 22.6 Å². The minimum atomic E-state index is -0.0931. The van der Waals surface area contributed by atoms with Crippen molar-refractivity contribution in [3.8, 4) is 0 Å². The van der Waals surface area contributed by atoms with E-state index < -0.39 is 0 Å². The van der Waals surface area contributed by atoms with Crippen LogP contribution >= 0.6 is 11.3 Å². The summed E-state index contributed by atoms with van der Waals surface area (Å²) in [5, 5.41) is 6.62. The SMILES string of the molecule is Cc1cccc(N(C)c2nc(C)nc(Nc3ncc(CC(=O)Nc4ccccc4)s3)n2)c1. The molecule has 0 aliphatic rings. The van der Waals surface area contributed by atoms with Crippen LogP contribution in [0, 0.1) is 13.8 Å². The van der Waals surface area contributed by atoms with Crippen molar-refractivity contribution in [3.05, 3.63) is 77.1 Å². The van der Waals surface area contributed by atoms with Gasteiger partial charge in [0.2, 0.25) is 17.8 Å². The van der Waals surface area contributed by atoms with Crippen molar-refractivity contribution in [1.82, 2.24) is 19.9 Å². The topological polar surface area (TPSA) is 95.9 Å². The monoisotopic (exact) mass is 445 g/mol. The Kier molecular flexibility index (Phi) is 6.37. The molecule has 9 heteroatoms. The number of carbonyl (C=O) groups is 1. The van der Waals surface area contributed by atoms with Crippen molar-refractivity contribution >= 4 is 45.6 Å². The van der Waals surface area contributed by atoms with E-state index in [-0.39, 0.29) is 12.3 Å². The molecule has 0 atom stereocenters. The maximum atomic E-state index is 12.3. The maximum absolute atomic E-state index is 12.3. The van der Waals surface area contributed by atoms with Crippen LogP contribution in [0.5, 0.6) is 0 Å². The van der Waals surface area contributed by atoms with Crippen LogP contribution in [0.2, 0.25) is 0 Å². The zero-order valence-electron chi connectivity index (χ0n) is 18.0. The smallest absolute Gasteiger partial charge is 0.234 e. The molecule has 0 fully saturated rings. The first kappa shape index (κ1) is 21.4. The first-order chi connectivity index (χ1) is 15.5. The Morgan fingerprint density at radius 1 is 1.03 bits per heavy atom. The van der Waals surface area contributed by atoms with Gasteiger partial charge in [0, 0.05) is 29.5 Å². The average Bonchev–Trinajstić information content (AvgIpc) is 3.19. The number of amides is 1. The second kappa shape index (κ2) is 9.52. The van der Waals surface area contributed by atoms with Gasteiger partial charge in [-0.25, -0.2) is 4.98 Å². The molecular weight excluding hydrogens is 422 g/mol. The summed E-state index contributed by atoms with van der Waals surface area (Å²) in [6.07, 6.45) is 1.93. The van der Waals surface area contributed by atoms with Gasteiger partial charge in [-0.15, -0.1) is 11.3 Å². The number of aromatic nitrogens is 4. The number of aryl methyl sites for hydroxylation is 2. The summed E-state index contributed by atoms with van der Waals surface area (Å²) in [5.41, 5.74) is 2.92. The molecule has 0 spiro atoms. The van der Waals surface area contributed by atoms with E-state index in [2.05, 4.69) is 36.6 Å². The molecule has 0 radical (unpaired) electrons. The first-order valence-corrected chi connectivity index (χ1v) is 10.9. The van der Waals surface area contributed by atoms with E-state index in [0.717, 1.165) is 21.8 Å². The summed E-state index contributed by atoms with van der Waals surface area (Å²) >= 11 is 1.39. The fraction of sp³-hybridized carbons (Fsp3) is 0.174. The van der Waals surface area contributed by atoms with Gasteiger partial charge in [0.1, 0.15) is 5.82 Å². The predicted octanol–water partition coefficient (Wildman–Crippen LogP) is 4.64.